The molecule has 1 heterocycles. The standard InChI is InChI=1S/C55H59N4O11PS/c1-54(2,3)68-52(62)44-18-12-11-17-43(44)39-25-21-37(22-26-39)34-59-46-19-13-14-20-47(46)72-49(40-27-31-41(66-7)32-28-40)48(51(59)61)56-50(60)45(57-58-53(63)69-55(4,5)6)33-36-23-29-42(30-24-36)70-71(64,65)67-35-38-15-9-8-10-16-38/h8-32,45,48-49,57H,33-35H2,1-7H3,(H,56,60)(H,58,63)(H,64,65)/t45-,48-,49-/m0/s1. The van der Waals surface area contributed by atoms with E-state index in [2.05, 4.69) is 16.2 Å². The van der Waals surface area contributed by atoms with Crippen molar-refractivity contribution in [3.8, 4) is 22.6 Å². The van der Waals surface area contributed by atoms with Crippen molar-refractivity contribution in [3.05, 3.63) is 179 Å². The number of nitrogens with one attached hydrogen (secondary N) is 3. The molecule has 17 heteroatoms. The predicted molar refractivity (Wildman–Crippen MR) is 276 cm³/mol. The number of fused-ring (bicyclic) bond motifs is 1. The second-order valence-electron chi connectivity index (χ2n) is 18.9. The number of esters is 1. The van der Waals surface area contributed by atoms with Gasteiger partial charge in [0, 0.05) is 4.90 Å². The number of thioether (sulfide) groups is 1. The molecular weight excluding hydrogens is 956 g/mol. The molecule has 15 nitrogen and oxygen atoms in total. The van der Waals surface area contributed by atoms with E-state index in [1.807, 2.05) is 99.6 Å². The molecule has 3 amide bonds. The van der Waals surface area contributed by atoms with E-state index in [0.717, 1.165) is 21.6 Å². The fourth-order valence-electron chi connectivity index (χ4n) is 7.70. The highest BCUT2D eigenvalue weighted by atomic mass is 32.2. The van der Waals surface area contributed by atoms with Gasteiger partial charge in [-0.3, -0.25) is 24.4 Å². The lowest BCUT2D eigenvalue weighted by molar-refractivity contribution is -0.129. The molecule has 1 unspecified atom stereocenters. The first-order chi connectivity index (χ1) is 34.2. The van der Waals surface area contributed by atoms with Crippen LogP contribution in [0, 0.1) is 0 Å². The van der Waals surface area contributed by atoms with Gasteiger partial charge < -0.3 is 29.0 Å². The second-order valence-corrected chi connectivity index (χ2v) is 21.5. The summed E-state index contributed by atoms with van der Waals surface area (Å²) in [6, 6.07) is 42.4. The monoisotopic (exact) mass is 1010 g/mol. The summed E-state index contributed by atoms with van der Waals surface area (Å²) in [5.41, 5.74) is 9.11. The quantitative estimate of drug-likeness (QED) is 0.0384. The predicted octanol–water partition coefficient (Wildman–Crippen LogP) is 10.5. The van der Waals surface area contributed by atoms with Gasteiger partial charge in [-0.05, 0) is 124 Å². The van der Waals surface area contributed by atoms with Gasteiger partial charge in [0.2, 0.25) is 5.91 Å². The topological polar surface area (TPSA) is 191 Å². The number of carbonyl (C=O) groups excluding carboxylic acids is 4. The maximum Gasteiger partial charge on any atom is 0.527 e. The van der Waals surface area contributed by atoms with Crippen molar-refractivity contribution in [1.82, 2.24) is 16.2 Å². The van der Waals surface area contributed by atoms with Crippen LogP contribution in [0.4, 0.5) is 10.5 Å². The van der Waals surface area contributed by atoms with Gasteiger partial charge in [0.15, 0.2) is 0 Å². The van der Waals surface area contributed by atoms with Crippen LogP contribution in [0.3, 0.4) is 0 Å². The van der Waals surface area contributed by atoms with E-state index in [9.17, 15) is 23.8 Å². The Morgan fingerprint density at radius 1 is 0.722 bits per heavy atom. The van der Waals surface area contributed by atoms with Crippen LogP contribution in [0.25, 0.3) is 11.1 Å². The Morgan fingerprint density at radius 2 is 1.33 bits per heavy atom. The lowest BCUT2D eigenvalue weighted by Gasteiger charge is -2.30. The van der Waals surface area contributed by atoms with Crippen molar-refractivity contribution in [1.29, 1.82) is 0 Å². The first kappa shape index (κ1) is 52.9. The third-order valence-electron chi connectivity index (χ3n) is 11.0. The molecular formula is C55H59N4O11PS. The Morgan fingerprint density at radius 3 is 2.00 bits per heavy atom. The molecule has 6 aromatic rings. The molecule has 0 fully saturated rings. The highest BCUT2D eigenvalue weighted by Gasteiger charge is 2.41. The molecule has 0 aliphatic carbocycles. The molecule has 1 aliphatic heterocycles. The molecule has 4 atom stereocenters. The molecule has 1 aliphatic rings. The molecule has 72 heavy (non-hydrogen) atoms. The largest absolute Gasteiger partial charge is 0.527 e. The zero-order valence-electron chi connectivity index (χ0n) is 41.1. The van der Waals surface area contributed by atoms with Gasteiger partial charge in [0.1, 0.15) is 34.8 Å². The Labute approximate surface area is 424 Å². The number of hydrazine groups is 1. The number of ether oxygens (including phenoxy) is 3. The van der Waals surface area contributed by atoms with Crippen LogP contribution in [-0.4, -0.2) is 59.2 Å². The zero-order valence-corrected chi connectivity index (χ0v) is 42.8. The van der Waals surface area contributed by atoms with Crippen molar-refractivity contribution in [2.45, 2.75) is 94.5 Å². The van der Waals surface area contributed by atoms with Gasteiger partial charge in [0.25, 0.3) is 5.91 Å². The van der Waals surface area contributed by atoms with Crippen LogP contribution in [-0.2, 0) is 47.7 Å². The van der Waals surface area contributed by atoms with E-state index in [0.29, 0.717) is 33.7 Å². The number of phosphoric ester groups is 1. The molecule has 0 spiro atoms. The highest BCUT2D eigenvalue weighted by Crippen LogP contribution is 2.47. The van der Waals surface area contributed by atoms with Crippen molar-refractivity contribution >= 4 is 49.1 Å². The van der Waals surface area contributed by atoms with E-state index in [1.54, 1.807) is 93.4 Å². The summed E-state index contributed by atoms with van der Waals surface area (Å²) in [7, 11) is -2.95. The number of para-hydroxylation sites is 1. The summed E-state index contributed by atoms with van der Waals surface area (Å²) >= 11 is 1.43. The highest BCUT2D eigenvalue weighted by molar-refractivity contribution is 7.99. The second kappa shape index (κ2) is 23.1. The third kappa shape index (κ3) is 14.6. The molecule has 0 saturated carbocycles. The van der Waals surface area contributed by atoms with Crippen LogP contribution >= 0.6 is 19.6 Å². The maximum atomic E-state index is 15.4. The van der Waals surface area contributed by atoms with Crippen LogP contribution in [0.1, 0.15) is 79.4 Å². The average molecular weight is 1020 g/mol. The normalized spacial score (nSPS) is 16.0. The van der Waals surface area contributed by atoms with Crippen molar-refractivity contribution < 1.29 is 51.9 Å². The fourth-order valence-corrected chi connectivity index (χ4v) is 9.79. The summed E-state index contributed by atoms with van der Waals surface area (Å²) in [5.74, 6) is -0.810. The molecule has 0 saturated heterocycles. The lowest BCUT2D eigenvalue weighted by Crippen LogP contribution is -2.58. The zero-order chi connectivity index (χ0) is 51.6. The minimum Gasteiger partial charge on any atom is -0.497 e. The number of methoxy groups -OCH3 is 1. The number of nitrogens with zero attached hydrogens (tertiary/aromatic N) is 1. The van der Waals surface area contributed by atoms with E-state index < -0.39 is 60.2 Å². The number of rotatable bonds is 17. The third-order valence-corrected chi connectivity index (χ3v) is 13.3. The summed E-state index contributed by atoms with van der Waals surface area (Å²) in [5, 5.41) is 2.42. The smallest absolute Gasteiger partial charge is 0.497 e. The van der Waals surface area contributed by atoms with Crippen molar-refractivity contribution in [3.63, 3.8) is 0 Å². The molecule has 0 aromatic heterocycles. The van der Waals surface area contributed by atoms with Gasteiger partial charge >= 0.3 is 19.9 Å². The summed E-state index contributed by atoms with van der Waals surface area (Å²) in [4.78, 5) is 69.4. The summed E-state index contributed by atoms with van der Waals surface area (Å²) < 4.78 is 40.0. The van der Waals surface area contributed by atoms with Crippen LogP contribution in [0.15, 0.2) is 157 Å². The number of phosphoric acid groups is 1. The summed E-state index contributed by atoms with van der Waals surface area (Å²) in [6.07, 6.45) is -0.867. The molecule has 376 valence electrons. The first-order valence-electron chi connectivity index (χ1n) is 23.2. The maximum absolute atomic E-state index is 15.4. The number of benzene rings is 6. The first-order valence-corrected chi connectivity index (χ1v) is 25.6. The Balaban J connectivity index is 1.18. The van der Waals surface area contributed by atoms with Gasteiger partial charge in [-0.1, -0.05) is 109 Å². The minimum atomic E-state index is -4.52. The van der Waals surface area contributed by atoms with Crippen LogP contribution in [0.5, 0.6) is 11.5 Å². The van der Waals surface area contributed by atoms with E-state index >= 15 is 4.79 Å². The fraction of sp³-hybridized carbons (Fsp3) is 0.273. The van der Waals surface area contributed by atoms with Crippen LogP contribution in [0.2, 0.25) is 0 Å². The molecule has 7 rings (SSSR count). The van der Waals surface area contributed by atoms with E-state index in [1.165, 1.54) is 23.9 Å². The number of amides is 3. The van der Waals surface area contributed by atoms with Gasteiger partial charge in [-0.15, -0.1) is 11.8 Å². The number of hydrogen-bond acceptors (Lipinski definition) is 12. The molecule has 4 N–H and O–H groups in total. The molecule has 0 bridgehead atoms. The molecule has 0 radical (unpaired) electrons. The molecule has 6 aromatic carbocycles. The Kier molecular flexibility index (Phi) is 16.9. The van der Waals surface area contributed by atoms with Gasteiger partial charge in [-0.2, -0.15) is 0 Å². The average Bonchev–Trinajstić information content (AvgIpc) is 3.45. The SMILES string of the molecule is COc1ccc([C@@H]2Sc3ccccc3N(Cc3ccc(-c4ccccc4C(=O)OC(C)(C)C)cc3)C(=O)[C@H]2NC(=O)[C@H](Cc2ccc(OP(=O)(O)OCc3ccccc3)cc2)NNC(=O)OC(C)(C)C)cc1. The van der Waals surface area contributed by atoms with Crippen LogP contribution < -0.4 is 30.3 Å². The summed E-state index contributed by atoms with van der Waals surface area (Å²) in [6.45, 7) is 10.6. The Hall–Kier alpha value is -6.94. The lowest BCUT2D eigenvalue weighted by atomic mass is 9.98. The number of hydrogen-bond donors (Lipinski definition) is 4. The van der Waals surface area contributed by atoms with Gasteiger partial charge in [0.05, 0.1) is 36.8 Å². The van der Waals surface area contributed by atoms with E-state index in [4.69, 9.17) is 23.3 Å². The Bertz CT molecular complexity index is 2890. The minimum absolute atomic E-state index is 0.0300. The van der Waals surface area contributed by atoms with Crippen molar-refractivity contribution in [2.24, 2.45) is 0 Å². The number of carbonyl (C=O) groups is 4. The van der Waals surface area contributed by atoms with Gasteiger partial charge in [-0.25, -0.2) is 19.6 Å². The van der Waals surface area contributed by atoms with Crippen molar-refractivity contribution in [2.75, 3.05) is 12.0 Å². The number of anilines is 1. The van der Waals surface area contributed by atoms with E-state index in [-0.39, 0.29) is 25.3 Å².